The number of aryl methyl sites for hydroxylation is 3. The van der Waals surface area contributed by atoms with Crippen LogP contribution in [-0.2, 0) is 21.2 Å². The second kappa shape index (κ2) is 11.4. The van der Waals surface area contributed by atoms with Crippen LogP contribution in [0.3, 0.4) is 0 Å². The molecule has 0 saturated carbocycles. The Bertz CT molecular complexity index is 1330. The van der Waals surface area contributed by atoms with Gasteiger partial charge in [-0.05, 0) is 56.0 Å². The van der Waals surface area contributed by atoms with Gasteiger partial charge in [-0.15, -0.1) is 0 Å². The number of benzene rings is 3. The van der Waals surface area contributed by atoms with Crippen LogP contribution in [0.1, 0.15) is 22.3 Å². The standard InChI is InChI=1S/C29H35N3O4S/c1-21-18-22(2)28(23(3)19-21)37(34,35)30-25(20-24-10-6-5-7-11-24)29(33)32-16-14-31(15-17-32)26-12-8-9-13-27(26)36-4/h5-13,18-19,25,30H,14-17,20H2,1-4H3/t25-/m1/s1. The van der Waals surface area contributed by atoms with Gasteiger partial charge in [0.25, 0.3) is 0 Å². The minimum Gasteiger partial charge on any atom is -0.495 e. The quantitative estimate of drug-likeness (QED) is 0.487. The molecule has 4 rings (SSSR count). The number of ether oxygens (including phenoxy) is 1. The zero-order chi connectivity index (χ0) is 26.6. The maximum atomic E-state index is 13.8. The summed E-state index contributed by atoms with van der Waals surface area (Å²) in [5, 5.41) is 0. The largest absolute Gasteiger partial charge is 0.495 e. The molecule has 8 heteroatoms. The third-order valence-corrected chi connectivity index (χ3v) is 8.54. The van der Waals surface area contributed by atoms with E-state index in [-0.39, 0.29) is 17.2 Å². The van der Waals surface area contributed by atoms with Crippen molar-refractivity contribution in [1.29, 1.82) is 0 Å². The van der Waals surface area contributed by atoms with Crippen molar-refractivity contribution in [3.63, 3.8) is 0 Å². The molecule has 1 saturated heterocycles. The molecule has 3 aromatic rings. The van der Waals surface area contributed by atoms with Gasteiger partial charge in [-0.1, -0.05) is 60.2 Å². The molecule has 1 heterocycles. The fourth-order valence-electron chi connectivity index (χ4n) is 5.15. The number of hydrogen-bond donors (Lipinski definition) is 1. The maximum absolute atomic E-state index is 13.8. The predicted octanol–water partition coefficient (Wildman–Crippen LogP) is 3.86. The van der Waals surface area contributed by atoms with Gasteiger partial charge in [-0.2, -0.15) is 4.72 Å². The Kier molecular flexibility index (Phi) is 8.19. The molecule has 0 aliphatic carbocycles. The van der Waals surface area contributed by atoms with Crippen LogP contribution < -0.4 is 14.4 Å². The van der Waals surface area contributed by atoms with Crippen molar-refractivity contribution in [2.45, 2.75) is 38.1 Å². The zero-order valence-electron chi connectivity index (χ0n) is 21.9. The molecule has 0 aromatic heterocycles. The van der Waals surface area contributed by atoms with E-state index in [2.05, 4.69) is 9.62 Å². The molecule has 0 bridgehead atoms. The van der Waals surface area contributed by atoms with E-state index < -0.39 is 16.1 Å². The molecule has 1 aliphatic rings. The van der Waals surface area contributed by atoms with Crippen molar-refractivity contribution in [3.05, 3.63) is 89.0 Å². The highest BCUT2D eigenvalue weighted by molar-refractivity contribution is 7.89. The van der Waals surface area contributed by atoms with E-state index in [0.29, 0.717) is 37.3 Å². The highest BCUT2D eigenvalue weighted by Gasteiger charge is 2.33. The number of nitrogens with one attached hydrogen (secondary N) is 1. The number of carbonyl (C=O) groups is 1. The Balaban J connectivity index is 1.56. The third kappa shape index (κ3) is 6.14. The summed E-state index contributed by atoms with van der Waals surface area (Å²) in [5.74, 6) is 0.579. The number of hydrogen-bond acceptors (Lipinski definition) is 5. The smallest absolute Gasteiger partial charge is 0.241 e. The van der Waals surface area contributed by atoms with Gasteiger partial charge in [-0.3, -0.25) is 4.79 Å². The summed E-state index contributed by atoms with van der Waals surface area (Å²) in [6, 6.07) is 20.1. The van der Waals surface area contributed by atoms with Gasteiger partial charge in [0.2, 0.25) is 15.9 Å². The predicted molar refractivity (Wildman–Crippen MR) is 147 cm³/mol. The summed E-state index contributed by atoms with van der Waals surface area (Å²) in [5.41, 5.74) is 4.22. The molecule has 1 atom stereocenters. The second-order valence-corrected chi connectivity index (χ2v) is 11.2. The van der Waals surface area contributed by atoms with E-state index in [0.717, 1.165) is 22.6 Å². The van der Waals surface area contributed by atoms with E-state index in [1.807, 2.05) is 73.7 Å². The van der Waals surface area contributed by atoms with Crippen LogP contribution in [0.2, 0.25) is 0 Å². The lowest BCUT2D eigenvalue weighted by atomic mass is 10.1. The van der Waals surface area contributed by atoms with Crippen molar-refractivity contribution in [3.8, 4) is 5.75 Å². The molecule has 1 N–H and O–H groups in total. The van der Waals surface area contributed by atoms with Gasteiger partial charge < -0.3 is 14.5 Å². The Morgan fingerprint density at radius 3 is 2.14 bits per heavy atom. The lowest BCUT2D eigenvalue weighted by Crippen LogP contribution is -2.55. The number of piperazine rings is 1. The van der Waals surface area contributed by atoms with Crippen molar-refractivity contribution in [1.82, 2.24) is 9.62 Å². The lowest BCUT2D eigenvalue weighted by molar-refractivity contribution is -0.133. The third-order valence-electron chi connectivity index (χ3n) is 6.77. The first-order chi connectivity index (χ1) is 17.7. The number of sulfonamides is 1. The molecule has 3 aromatic carbocycles. The van der Waals surface area contributed by atoms with Crippen molar-refractivity contribution < 1.29 is 17.9 Å². The minimum atomic E-state index is -3.93. The summed E-state index contributed by atoms with van der Waals surface area (Å²) in [6.07, 6.45) is 0.273. The molecular formula is C29H35N3O4S. The van der Waals surface area contributed by atoms with Gasteiger partial charge in [0.1, 0.15) is 11.8 Å². The average Bonchev–Trinajstić information content (AvgIpc) is 2.87. The van der Waals surface area contributed by atoms with Crippen LogP contribution in [0.4, 0.5) is 5.69 Å². The topological polar surface area (TPSA) is 79.0 Å². The second-order valence-electron chi connectivity index (χ2n) is 9.58. The van der Waals surface area contributed by atoms with E-state index in [4.69, 9.17) is 4.74 Å². The van der Waals surface area contributed by atoms with E-state index in [1.54, 1.807) is 25.9 Å². The molecule has 1 aliphatic heterocycles. The summed E-state index contributed by atoms with van der Waals surface area (Å²) >= 11 is 0. The molecule has 196 valence electrons. The van der Waals surface area contributed by atoms with Crippen LogP contribution in [0.15, 0.2) is 71.6 Å². The Morgan fingerprint density at radius 1 is 0.919 bits per heavy atom. The first-order valence-electron chi connectivity index (χ1n) is 12.5. The number of para-hydroxylation sites is 2. The van der Waals surface area contributed by atoms with Crippen molar-refractivity contribution in [2.24, 2.45) is 0 Å². The van der Waals surface area contributed by atoms with E-state index in [9.17, 15) is 13.2 Å². The number of carbonyl (C=O) groups excluding carboxylic acids is 1. The molecule has 37 heavy (non-hydrogen) atoms. The fourth-order valence-corrected chi connectivity index (χ4v) is 6.79. The lowest BCUT2D eigenvalue weighted by Gasteiger charge is -2.38. The van der Waals surface area contributed by atoms with Crippen molar-refractivity contribution >= 4 is 21.6 Å². The Hall–Kier alpha value is -3.36. The normalized spacial score (nSPS) is 14.9. The van der Waals surface area contributed by atoms with E-state index >= 15 is 0 Å². The fraction of sp³-hybridized carbons (Fsp3) is 0.345. The molecule has 0 unspecified atom stereocenters. The molecule has 1 fully saturated rings. The number of anilines is 1. The van der Waals surface area contributed by atoms with Crippen molar-refractivity contribution in [2.75, 3.05) is 38.2 Å². The molecule has 7 nitrogen and oxygen atoms in total. The van der Waals surface area contributed by atoms with Gasteiger partial charge >= 0.3 is 0 Å². The Morgan fingerprint density at radius 2 is 1.51 bits per heavy atom. The number of methoxy groups -OCH3 is 1. The number of amides is 1. The van der Waals surface area contributed by atoms with Gasteiger partial charge in [0.15, 0.2) is 0 Å². The van der Waals surface area contributed by atoms with Gasteiger partial charge in [0, 0.05) is 26.2 Å². The summed E-state index contributed by atoms with van der Waals surface area (Å²) in [4.78, 5) is 18.0. The van der Waals surface area contributed by atoms with Crippen LogP contribution in [0.5, 0.6) is 5.75 Å². The average molecular weight is 522 g/mol. The van der Waals surface area contributed by atoms with Gasteiger partial charge in [0.05, 0.1) is 17.7 Å². The summed E-state index contributed by atoms with van der Waals surface area (Å²) < 4.78 is 35.4. The zero-order valence-corrected chi connectivity index (χ0v) is 22.7. The maximum Gasteiger partial charge on any atom is 0.241 e. The summed E-state index contributed by atoms with van der Waals surface area (Å²) in [6.45, 7) is 7.77. The molecule has 0 radical (unpaired) electrons. The van der Waals surface area contributed by atoms with Crippen LogP contribution in [0, 0.1) is 20.8 Å². The van der Waals surface area contributed by atoms with Crippen LogP contribution in [-0.4, -0.2) is 58.6 Å². The Labute approximate surface area is 220 Å². The molecule has 0 spiro atoms. The first kappa shape index (κ1) is 26.7. The highest BCUT2D eigenvalue weighted by Crippen LogP contribution is 2.29. The first-order valence-corrected chi connectivity index (χ1v) is 14.0. The molecular weight excluding hydrogens is 486 g/mol. The van der Waals surface area contributed by atoms with Gasteiger partial charge in [-0.25, -0.2) is 8.42 Å². The monoisotopic (exact) mass is 521 g/mol. The number of rotatable bonds is 8. The number of nitrogens with zero attached hydrogens (tertiary/aromatic N) is 2. The SMILES string of the molecule is COc1ccccc1N1CCN(C(=O)[C@@H](Cc2ccccc2)NS(=O)(=O)c2c(C)cc(C)cc2C)CC1. The molecule has 1 amide bonds. The van der Waals surface area contributed by atoms with Crippen LogP contribution in [0.25, 0.3) is 0 Å². The van der Waals surface area contributed by atoms with Crippen LogP contribution >= 0.6 is 0 Å². The minimum absolute atomic E-state index is 0.213. The highest BCUT2D eigenvalue weighted by atomic mass is 32.2. The summed E-state index contributed by atoms with van der Waals surface area (Å²) in [7, 11) is -2.28. The van der Waals surface area contributed by atoms with E-state index in [1.165, 1.54) is 0 Å².